The van der Waals surface area contributed by atoms with Crippen LogP contribution in [-0.2, 0) is 0 Å². The van der Waals surface area contributed by atoms with Gasteiger partial charge in [-0.05, 0) is 37.6 Å². The van der Waals surface area contributed by atoms with Gasteiger partial charge in [0.05, 0.1) is 0 Å². The van der Waals surface area contributed by atoms with Gasteiger partial charge in [-0.3, -0.25) is 4.79 Å². The Morgan fingerprint density at radius 1 is 1.17 bits per heavy atom. The quantitative estimate of drug-likeness (QED) is 0.858. The standard InChI is InChI=1S/C17H23N5O/c1-5-10-18-16-11-15(19-12(2)20-16)17(23)21-13-6-8-14(9-7-13)22(3)4/h6-9,11H,5,10H2,1-4H3,(H,21,23)(H,18,19,20). The molecule has 2 aromatic rings. The lowest BCUT2D eigenvalue weighted by Gasteiger charge is -2.13. The molecule has 2 N–H and O–H groups in total. The van der Waals surface area contributed by atoms with Crippen LogP contribution in [0, 0.1) is 6.92 Å². The summed E-state index contributed by atoms with van der Waals surface area (Å²) in [7, 11) is 3.95. The Bertz CT molecular complexity index is 667. The van der Waals surface area contributed by atoms with Crippen LogP contribution in [0.3, 0.4) is 0 Å². The van der Waals surface area contributed by atoms with E-state index in [0.29, 0.717) is 17.3 Å². The van der Waals surface area contributed by atoms with Gasteiger partial charge in [-0.25, -0.2) is 9.97 Å². The van der Waals surface area contributed by atoms with Crippen molar-refractivity contribution in [1.29, 1.82) is 0 Å². The first-order valence-electron chi connectivity index (χ1n) is 7.68. The number of hydrogen-bond acceptors (Lipinski definition) is 5. The van der Waals surface area contributed by atoms with Crippen LogP contribution >= 0.6 is 0 Å². The third kappa shape index (κ3) is 4.67. The zero-order valence-corrected chi connectivity index (χ0v) is 14.1. The Labute approximate surface area is 137 Å². The van der Waals surface area contributed by atoms with E-state index in [9.17, 15) is 4.79 Å². The molecule has 23 heavy (non-hydrogen) atoms. The number of rotatable bonds is 6. The van der Waals surface area contributed by atoms with Crippen molar-refractivity contribution in [2.24, 2.45) is 0 Å². The van der Waals surface area contributed by atoms with Gasteiger partial charge in [0.25, 0.3) is 5.91 Å². The maximum atomic E-state index is 12.4. The molecule has 0 radical (unpaired) electrons. The number of carbonyl (C=O) groups is 1. The van der Waals surface area contributed by atoms with E-state index in [1.165, 1.54) is 0 Å². The van der Waals surface area contributed by atoms with Crippen LogP contribution < -0.4 is 15.5 Å². The van der Waals surface area contributed by atoms with Crippen molar-refractivity contribution in [3.8, 4) is 0 Å². The Kier molecular flexibility index (Phi) is 5.51. The van der Waals surface area contributed by atoms with Gasteiger partial charge in [-0.1, -0.05) is 6.92 Å². The Morgan fingerprint density at radius 2 is 1.87 bits per heavy atom. The second-order valence-electron chi connectivity index (χ2n) is 5.51. The molecule has 0 fully saturated rings. The average molecular weight is 313 g/mol. The van der Waals surface area contributed by atoms with Gasteiger partial charge < -0.3 is 15.5 Å². The number of nitrogens with zero attached hydrogens (tertiary/aromatic N) is 3. The SMILES string of the molecule is CCCNc1cc(C(=O)Nc2ccc(N(C)C)cc2)nc(C)n1. The van der Waals surface area contributed by atoms with Crippen LogP contribution in [0.15, 0.2) is 30.3 Å². The number of aryl methyl sites for hydroxylation is 1. The van der Waals surface area contributed by atoms with Gasteiger partial charge in [-0.15, -0.1) is 0 Å². The summed E-state index contributed by atoms with van der Waals surface area (Å²) < 4.78 is 0. The maximum Gasteiger partial charge on any atom is 0.274 e. The monoisotopic (exact) mass is 313 g/mol. The van der Waals surface area contributed by atoms with Gasteiger partial charge in [0.15, 0.2) is 0 Å². The van der Waals surface area contributed by atoms with Crippen molar-refractivity contribution in [1.82, 2.24) is 9.97 Å². The van der Waals surface area contributed by atoms with Crippen molar-refractivity contribution in [2.45, 2.75) is 20.3 Å². The van der Waals surface area contributed by atoms with E-state index in [2.05, 4.69) is 27.5 Å². The van der Waals surface area contributed by atoms with E-state index in [4.69, 9.17) is 0 Å². The second kappa shape index (κ2) is 7.58. The summed E-state index contributed by atoms with van der Waals surface area (Å²) >= 11 is 0. The van der Waals surface area contributed by atoms with Crippen molar-refractivity contribution < 1.29 is 4.79 Å². The van der Waals surface area contributed by atoms with E-state index < -0.39 is 0 Å². The number of anilines is 3. The van der Waals surface area contributed by atoms with Crippen LogP contribution in [-0.4, -0.2) is 36.5 Å². The highest BCUT2D eigenvalue weighted by Gasteiger charge is 2.11. The molecule has 0 spiro atoms. The summed E-state index contributed by atoms with van der Waals surface area (Å²) in [5, 5.41) is 6.04. The summed E-state index contributed by atoms with van der Waals surface area (Å²) in [6.45, 7) is 4.66. The molecular formula is C17H23N5O. The second-order valence-corrected chi connectivity index (χ2v) is 5.51. The van der Waals surface area contributed by atoms with Gasteiger partial charge in [0.2, 0.25) is 0 Å². The lowest BCUT2D eigenvalue weighted by atomic mass is 10.2. The molecule has 122 valence electrons. The molecule has 6 nitrogen and oxygen atoms in total. The highest BCUT2D eigenvalue weighted by molar-refractivity contribution is 6.03. The first kappa shape index (κ1) is 16.7. The zero-order valence-electron chi connectivity index (χ0n) is 14.1. The van der Waals surface area contributed by atoms with Gasteiger partial charge in [0, 0.05) is 38.1 Å². The molecular weight excluding hydrogens is 290 g/mol. The van der Waals surface area contributed by atoms with Crippen molar-refractivity contribution in [3.63, 3.8) is 0 Å². The third-order valence-corrected chi connectivity index (χ3v) is 3.27. The topological polar surface area (TPSA) is 70.2 Å². The van der Waals surface area contributed by atoms with Crippen molar-refractivity contribution in [3.05, 3.63) is 41.9 Å². The largest absolute Gasteiger partial charge is 0.378 e. The fourth-order valence-corrected chi connectivity index (χ4v) is 2.07. The van der Waals surface area contributed by atoms with Crippen LogP contribution in [0.2, 0.25) is 0 Å². The van der Waals surface area contributed by atoms with Crippen molar-refractivity contribution in [2.75, 3.05) is 36.2 Å². The minimum Gasteiger partial charge on any atom is -0.378 e. The molecule has 1 aromatic heterocycles. The van der Waals surface area contributed by atoms with Gasteiger partial charge in [-0.2, -0.15) is 0 Å². The van der Waals surface area contributed by atoms with E-state index in [1.807, 2.05) is 43.3 Å². The molecule has 1 amide bonds. The summed E-state index contributed by atoms with van der Waals surface area (Å²) in [6.07, 6.45) is 0.989. The number of carbonyl (C=O) groups excluding carboxylic acids is 1. The van der Waals surface area contributed by atoms with Gasteiger partial charge in [0.1, 0.15) is 17.3 Å². The maximum absolute atomic E-state index is 12.4. The fourth-order valence-electron chi connectivity index (χ4n) is 2.07. The molecule has 2 rings (SSSR count). The Morgan fingerprint density at radius 3 is 2.48 bits per heavy atom. The van der Waals surface area contributed by atoms with Crippen LogP contribution in [0.1, 0.15) is 29.7 Å². The Hall–Kier alpha value is -2.63. The molecule has 6 heteroatoms. The van der Waals surface area contributed by atoms with Gasteiger partial charge >= 0.3 is 0 Å². The number of hydrogen-bond donors (Lipinski definition) is 2. The van der Waals surface area contributed by atoms with E-state index in [-0.39, 0.29) is 5.91 Å². The highest BCUT2D eigenvalue weighted by atomic mass is 16.1. The molecule has 0 saturated heterocycles. The van der Waals surface area contributed by atoms with E-state index >= 15 is 0 Å². The fraction of sp³-hybridized carbons (Fsp3) is 0.353. The van der Waals surface area contributed by atoms with Crippen LogP contribution in [0.5, 0.6) is 0 Å². The van der Waals surface area contributed by atoms with Crippen LogP contribution in [0.25, 0.3) is 0 Å². The van der Waals surface area contributed by atoms with Crippen molar-refractivity contribution >= 4 is 23.1 Å². The minimum absolute atomic E-state index is 0.243. The average Bonchev–Trinajstić information content (AvgIpc) is 2.53. The minimum atomic E-state index is -0.243. The normalized spacial score (nSPS) is 10.3. The molecule has 0 aliphatic heterocycles. The summed E-state index contributed by atoms with van der Waals surface area (Å²) in [5.74, 6) is 0.999. The first-order valence-corrected chi connectivity index (χ1v) is 7.68. The molecule has 0 saturated carbocycles. The molecule has 0 aliphatic carbocycles. The highest BCUT2D eigenvalue weighted by Crippen LogP contribution is 2.16. The third-order valence-electron chi connectivity index (χ3n) is 3.27. The molecule has 1 aromatic carbocycles. The number of nitrogens with one attached hydrogen (secondary N) is 2. The zero-order chi connectivity index (χ0) is 16.8. The molecule has 0 atom stereocenters. The Balaban J connectivity index is 2.12. The van der Waals surface area contributed by atoms with Crippen LogP contribution in [0.4, 0.5) is 17.2 Å². The molecule has 1 heterocycles. The lowest BCUT2D eigenvalue weighted by Crippen LogP contribution is -2.16. The predicted octanol–water partition coefficient (Wildman–Crippen LogP) is 2.93. The smallest absolute Gasteiger partial charge is 0.274 e. The predicted molar refractivity (Wildman–Crippen MR) is 94.3 cm³/mol. The van der Waals surface area contributed by atoms with E-state index in [0.717, 1.165) is 24.3 Å². The summed E-state index contributed by atoms with van der Waals surface area (Å²) in [4.78, 5) is 22.9. The summed E-state index contributed by atoms with van der Waals surface area (Å²) in [5.41, 5.74) is 2.17. The first-order chi connectivity index (χ1) is 11.0. The molecule has 0 bridgehead atoms. The molecule has 0 aliphatic rings. The number of benzene rings is 1. The molecule has 0 unspecified atom stereocenters. The lowest BCUT2D eigenvalue weighted by molar-refractivity contribution is 0.102. The summed E-state index contributed by atoms with van der Waals surface area (Å²) in [6, 6.07) is 9.32. The number of aromatic nitrogens is 2. The number of amides is 1. The van der Waals surface area contributed by atoms with E-state index in [1.54, 1.807) is 13.0 Å².